The maximum Gasteiger partial charge on any atom is 0.338 e. The summed E-state index contributed by atoms with van der Waals surface area (Å²) in [4.78, 5) is 41.1. The van der Waals surface area contributed by atoms with Crippen LogP contribution in [0.25, 0.3) is 0 Å². The molecule has 3 aliphatic heterocycles. The van der Waals surface area contributed by atoms with Crippen LogP contribution in [0.1, 0.15) is 153 Å². The van der Waals surface area contributed by atoms with Gasteiger partial charge in [-0.2, -0.15) is 10.1 Å². The average Bonchev–Trinajstić information content (AvgIpc) is 2.92. The van der Waals surface area contributed by atoms with Gasteiger partial charge in [0.1, 0.15) is 18.3 Å². The van der Waals surface area contributed by atoms with E-state index in [2.05, 4.69) is 0 Å². The number of piperidine rings is 3. The molecule has 0 spiro atoms. The number of rotatable bonds is 6. The first-order valence-corrected chi connectivity index (χ1v) is 17.0. The molecule has 1 aromatic carbocycles. The van der Waals surface area contributed by atoms with Gasteiger partial charge < -0.3 is 34.9 Å². The molecule has 0 unspecified atom stereocenters. The summed E-state index contributed by atoms with van der Waals surface area (Å²) in [5.41, 5.74) is -4.07. The van der Waals surface area contributed by atoms with Gasteiger partial charge in [-0.25, -0.2) is 14.4 Å². The molecule has 3 fully saturated rings. The van der Waals surface area contributed by atoms with Crippen LogP contribution in [-0.4, -0.2) is 90.0 Å². The number of hydroxylamine groups is 6. The van der Waals surface area contributed by atoms with Crippen molar-refractivity contribution in [3.8, 4) is 0 Å². The topological polar surface area (TPSA) is 153 Å². The molecule has 4 rings (SSSR count). The first-order valence-electron chi connectivity index (χ1n) is 17.0. The Morgan fingerprint density at radius 3 is 1.04 bits per heavy atom. The third-order valence-corrected chi connectivity index (χ3v) is 10.4. The fourth-order valence-electron chi connectivity index (χ4n) is 8.56. The Morgan fingerprint density at radius 1 is 0.562 bits per heavy atom. The normalized spacial score (nSPS) is 28.3. The molecule has 0 aliphatic carbocycles. The average molecular weight is 676 g/mol. The number of carbonyl (C=O) groups is 3. The van der Waals surface area contributed by atoms with Crippen LogP contribution in [0.5, 0.6) is 0 Å². The van der Waals surface area contributed by atoms with Crippen LogP contribution in [0.3, 0.4) is 0 Å². The van der Waals surface area contributed by atoms with E-state index in [9.17, 15) is 30.0 Å². The lowest BCUT2D eigenvalue weighted by Crippen LogP contribution is -3.23. The fraction of sp³-hybridized carbons (Fsp3) is 0.750. The standard InChI is InChI=1S/C36H57N3O9/c1-31(2)16-25(17-32(3,4)37(31)43)46-28(40)22-13-23(29(41)47-26-18-33(5,6)38(44)34(7,8)19-26)15-24(14-22)30(42)48-27-20-35(9,10)39(45)36(11,12)21-27/h13-15,25-27,37,44-45H,16-21H2,1-12H3. The number of benzene rings is 1. The lowest BCUT2D eigenvalue weighted by molar-refractivity contribution is -0.956. The molecule has 0 bridgehead atoms. The molecule has 0 atom stereocenters. The van der Waals surface area contributed by atoms with E-state index in [4.69, 9.17) is 14.2 Å². The Labute approximate surface area is 285 Å². The van der Waals surface area contributed by atoms with Crippen molar-refractivity contribution in [3.63, 3.8) is 0 Å². The quantitative estimate of drug-likeness (QED) is 0.210. The lowest BCUT2D eigenvalue weighted by atomic mass is 9.80. The third-order valence-electron chi connectivity index (χ3n) is 10.4. The summed E-state index contributed by atoms with van der Waals surface area (Å²) in [7, 11) is 0. The monoisotopic (exact) mass is 675 g/mol. The van der Waals surface area contributed by atoms with Gasteiger partial charge in [-0.05, 0) is 101 Å². The van der Waals surface area contributed by atoms with Crippen molar-refractivity contribution in [2.24, 2.45) is 0 Å². The van der Waals surface area contributed by atoms with Gasteiger partial charge in [-0.1, -0.05) is 0 Å². The number of ether oxygens (including phenoxy) is 3. The van der Waals surface area contributed by atoms with E-state index in [1.807, 2.05) is 83.1 Å². The fourth-order valence-corrected chi connectivity index (χ4v) is 8.56. The number of nitrogens with zero attached hydrogens (tertiary/aromatic N) is 2. The summed E-state index contributed by atoms with van der Waals surface area (Å²) in [5, 5.41) is 37.1. The lowest BCUT2D eigenvalue weighted by Gasteiger charge is -2.54. The molecule has 0 amide bonds. The predicted octanol–water partition coefficient (Wildman–Crippen LogP) is 5.08. The van der Waals surface area contributed by atoms with E-state index in [-0.39, 0.29) is 21.8 Å². The second kappa shape index (κ2) is 12.6. The molecule has 48 heavy (non-hydrogen) atoms. The van der Waals surface area contributed by atoms with Crippen LogP contribution in [0, 0.1) is 5.21 Å². The zero-order valence-electron chi connectivity index (χ0n) is 30.9. The highest BCUT2D eigenvalue weighted by molar-refractivity contribution is 6.00. The summed E-state index contributed by atoms with van der Waals surface area (Å²) in [6.07, 6.45) is 0.569. The molecular weight excluding hydrogens is 618 g/mol. The second-order valence-electron chi connectivity index (χ2n) is 18.1. The molecule has 0 saturated carbocycles. The largest absolute Gasteiger partial charge is 0.634 e. The zero-order valence-corrected chi connectivity index (χ0v) is 30.9. The van der Waals surface area contributed by atoms with Crippen molar-refractivity contribution < 1.29 is 44.1 Å². The van der Waals surface area contributed by atoms with E-state index < -0.39 is 69.5 Å². The van der Waals surface area contributed by atoms with Gasteiger partial charge in [0.2, 0.25) is 0 Å². The number of carbonyl (C=O) groups excluding carboxylic acids is 3. The number of hydrogen-bond acceptors (Lipinski definition) is 11. The highest BCUT2D eigenvalue weighted by Gasteiger charge is 2.49. The van der Waals surface area contributed by atoms with Crippen molar-refractivity contribution >= 4 is 17.9 Å². The molecule has 3 N–H and O–H groups in total. The maximum absolute atomic E-state index is 13.7. The van der Waals surface area contributed by atoms with Crippen LogP contribution < -0.4 is 5.06 Å². The van der Waals surface area contributed by atoms with Gasteiger partial charge in [-0.15, -0.1) is 0 Å². The van der Waals surface area contributed by atoms with Crippen molar-refractivity contribution in [3.05, 3.63) is 40.1 Å². The van der Waals surface area contributed by atoms with Gasteiger partial charge in [0.15, 0.2) is 0 Å². The van der Waals surface area contributed by atoms with Crippen molar-refractivity contribution in [2.45, 2.75) is 173 Å². The Balaban J connectivity index is 1.64. The summed E-state index contributed by atoms with van der Waals surface area (Å²) in [5.74, 6) is -2.16. The van der Waals surface area contributed by atoms with Crippen LogP contribution in [0.15, 0.2) is 18.2 Å². The van der Waals surface area contributed by atoms with E-state index in [1.54, 1.807) is 0 Å². The Hall–Kier alpha value is -2.61. The van der Waals surface area contributed by atoms with Crippen LogP contribution in [0.2, 0.25) is 0 Å². The zero-order chi connectivity index (χ0) is 36.4. The summed E-state index contributed by atoms with van der Waals surface area (Å²) < 4.78 is 17.8. The molecule has 3 aliphatic rings. The predicted molar refractivity (Wildman–Crippen MR) is 178 cm³/mol. The molecule has 0 aromatic heterocycles. The minimum Gasteiger partial charge on any atom is -0.634 e. The molecule has 12 heteroatoms. The van der Waals surface area contributed by atoms with Crippen LogP contribution in [0.4, 0.5) is 0 Å². The molecule has 3 saturated heterocycles. The highest BCUT2D eigenvalue weighted by atomic mass is 16.6. The highest BCUT2D eigenvalue weighted by Crippen LogP contribution is 2.40. The molecule has 3 heterocycles. The minimum atomic E-state index is -0.726. The molecule has 270 valence electrons. The van der Waals surface area contributed by atoms with Crippen molar-refractivity contribution in [1.82, 2.24) is 10.1 Å². The van der Waals surface area contributed by atoms with Gasteiger partial charge in [0.25, 0.3) is 0 Å². The van der Waals surface area contributed by atoms with Crippen molar-refractivity contribution in [1.29, 1.82) is 0 Å². The van der Waals surface area contributed by atoms with E-state index in [1.165, 1.54) is 28.3 Å². The smallest absolute Gasteiger partial charge is 0.338 e. The van der Waals surface area contributed by atoms with Gasteiger partial charge in [-0.3, -0.25) is 0 Å². The van der Waals surface area contributed by atoms with Gasteiger partial charge in [0, 0.05) is 60.7 Å². The van der Waals surface area contributed by atoms with E-state index >= 15 is 0 Å². The number of nitrogens with one attached hydrogen (secondary N) is 1. The summed E-state index contributed by atoms with van der Waals surface area (Å²) >= 11 is 0. The van der Waals surface area contributed by atoms with Crippen molar-refractivity contribution in [2.75, 3.05) is 0 Å². The molecular formula is C36H57N3O9. The van der Waals surface area contributed by atoms with Crippen LogP contribution >= 0.6 is 0 Å². The minimum absolute atomic E-state index is 0.0104. The molecule has 1 aromatic rings. The van der Waals surface area contributed by atoms with E-state index in [0.29, 0.717) is 38.5 Å². The molecule has 0 radical (unpaired) electrons. The Kier molecular flexibility index (Phi) is 10.0. The molecule has 12 nitrogen and oxygen atoms in total. The van der Waals surface area contributed by atoms with Crippen LogP contribution in [-0.2, 0) is 14.2 Å². The van der Waals surface area contributed by atoms with E-state index in [0.717, 1.165) is 0 Å². The maximum atomic E-state index is 13.7. The number of esters is 3. The number of hydrogen-bond donors (Lipinski definition) is 3. The first-order chi connectivity index (χ1) is 21.7. The third kappa shape index (κ3) is 7.89. The SMILES string of the molecule is CC1(C)CC(OC(=O)c2cc(C(=O)OC3CC(C)(C)N(O)C(C)(C)C3)cc(C(=O)OC3CC(C)(C)[NH+]([O-])C(C)(C)C3)c2)CC(C)(C)N1O. The number of quaternary nitrogens is 1. The first kappa shape index (κ1) is 38.2. The summed E-state index contributed by atoms with van der Waals surface area (Å²) in [6.45, 7) is 22.3. The van der Waals surface area contributed by atoms with Gasteiger partial charge >= 0.3 is 17.9 Å². The summed E-state index contributed by atoms with van der Waals surface area (Å²) in [6, 6.07) is 4.08. The Morgan fingerprint density at radius 2 is 0.792 bits per heavy atom. The second-order valence-corrected chi connectivity index (χ2v) is 18.1. The van der Waals surface area contributed by atoms with Gasteiger partial charge in [0.05, 0.1) is 27.8 Å². The Bertz CT molecular complexity index is 1180.